The van der Waals surface area contributed by atoms with Crippen LogP contribution in [0.15, 0.2) is 30.5 Å². The van der Waals surface area contributed by atoms with Crippen molar-refractivity contribution in [2.45, 2.75) is 46.2 Å². The Hall–Kier alpha value is -1.81. The Labute approximate surface area is 120 Å². The summed E-state index contributed by atoms with van der Waals surface area (Å²) < 4.78 is 0. The maximum atomic E-state index is 4.62. The van der Waals surface area contributed by atoms with Gasteiger partial charge in [-0.15, -0.1) is 0 Å². The molecule has 0 amide bonds. The fourth-order valence-corrected chi connectivity index (χ4v) is 1.89. The molecule has 0 spiro atoms. The van der Waals surface area contributed by atoms with E-state index in [0.717, 1.165) is 29.5 Å². The maximum Gasteiger partial charge on any atom is 0.134 e. The van der Waals surface area contributed by atoms with Crippen LogP contribution in [-0.2, 0) is 13.0 Å². The molecule has 4 heteroatoms. The molecular weight excluding hydrogens is 248 g/mol. The Morgan fingerprint density at radius 2 is 1.90 bits per heavy atom. The van der Waals surface area contributed by atoms with Gasteiger partial charge in [0.15, 0.2) is 0 Å². The standard InChI is InChI=1S/C16H22N4/c1-12-9-14(11-18-16(2,3)4)20-15(19-12)10-13-7-5-6-8-17-13/h5-9,18H,10-11H2,1-4H3. The third-order valence-corrected chi connectivity index (χ3v) is 2.82. The number of aryl methyl sites for hydroxylation is 1. The Morgan fingerprint density at radius 3 is 2.55 bits per heavy atom. The first-order chi connectivity index (χ1) is 9.42. The van der Waals surface area contributed by atoms with Crippen molar-refractivity contribution in [1.82, 2.24) is 20.3 Å². The summed E-state index contributed by atoms with van der Waals surface area (Å²) in [6.07, 6.45) is 2.47. The Bertz CT molecular complexity index is 558. The van der Waals surface area contributed by atoms with Gasteiger partial charge in [0.1, 0.15) is 5.82 Å². The molecule has 0 aromatic carbocycles. The van der Waals surface area contributed by atoms with E-state index in [0.29, 0.717) is 6.42 Å². The number of hydrogen-bond donors (Lipinski definition) is 1. The highest BCUT2D eigenvalue weighted by atomic mass is 15.0. The normalized spacial score (nSPS) is 11.6. The first-order valence-corrected chi connectivity index (χ1v) is 6.91. The summed E-state index contributed by atoms with van der Waals surface area (Å²) in [4.78, 5) is 13.4. The topological polar surface area (TPSA) is 50.7 Å². The molecule has 2 aromatic rings. The van der Waals surface area contributed by atoms with Crippen LogP contribution in [0.25, 0.3) is 0 Å². The Kier molecular flexibility index (Phi) is 4.45. The van der Waals surface area contributed by atoms with Crippen molar-refractivity contribution in [3.63, 3.8) is 0 Å². The first kappa shape index (κ1) is 14.6. The molecule has 0 saturated heterocycles. The predicted octanol–water partition coefficient (Wildman–Crippen LogP) is 2.66. The molecule has 0 saturated carbocycles. The number of rotatable bonds is 4. The average molecular weight is 270 g/mol. The van der Waals surface area contributed by atoms with Crippen LogP contribution in [0.1, 0.15) is 43.7 Å². The number of nitrogens with one attached hydrogen (secondary N) is 1. The molecule has 0 aliphatic rings. The van der Waals surface area contributed by atoms with Crippen LogP contribution < -0.4 is 5.32 Å². The van der Waals surface area contributed by atoms with Crippen LogP contribution in [0.2, 0.25) is 0 Å². The summed E-state index contributed by atoms with van der Waals surface area (Å²) >= 11 is 0. The number of aromatic nitrogens is 3. The van der Waals surface area contributed by atoms with Gasteiger partial charge in [0.05, 0.1) is 12.1 Å². The van der Waals surface area contributed by atoms with E-state index in [4.69, 9.17) is 0 Å². The minimum atomic E-state index is 0.0833. The molecule has 1 N–H and O–H groups in total. The quantitative estimate of drug-likeness (QED) is 0.928. The molecule has 20 heavy (non-hydrogen) atoms. The lowest BCUT2D eigenvalue weighted by Crippen LogP contribution is -2.35. The third-order valence-electron chi connectivity index (χ3n) is 2.82. The molecule has 106 valence electrons. The number of nitrogens with zero attached hydrogens (tertiary/aromatic N) is 3. The highest BCUT2D eigenvalue weighted by Gasteiger charge is 2.10. The SMILES string of the molecule is Cc1cc(CNC(C)(C)C)nc(Cc2ccccn2)n1. The second-order valence-electron chi connectivity index (χ2n) is 6.02. The van der Waals surface area contributed by atoms with E-state index in [2.05, 4.69) is 41.0 Å². The van der Waals surface area contributed by atoms with Gasteiger partial charge in [0.2, 0.25) is 0 Å². The van der Waals surface area contributed by atoms with E-state index in [-0.39, 0.29) is 5.54 Å². The molecule has 0 aliphatic heterocycles. The van der Waals surface area contributed by atoms with E-state index in [9.17, 15) is 0 Å². The summed E-state index contributed by atoms with van der Waals surface area (Å²) in [7, 11) is 0. The van der Waals surface area contributed by atoms with Crippen molar-refractivity contribution < 1.29 is 0 Å². The summed E-state index contributed by atoms with van der Waals surface area (Å²) in [6.45, 7) is 9.20. The summed E-state index contributed by atoms with van der Waals surface area (Å²) in [5.74, 6) is 0.828. The van der Waals surface area contributed by atoms with E-state index >= 15 is 0 Å². The van der Waals surface area contributed by atoms with Gasteiger partial charge in [0.25, 0.3) is 0 Å². The van der Waals surface area contributed by atoms with E-state index < -0.39 is 0 Å². The van der Waals surface area contributed by atoms with Gasteiger partial charge in [-0.05, 0) is 45.9 Å². The number of hydrogen-bond acceptors (Lipinski definition) is 4. The minimum absolute atomic E-state index is 0.0833. The predicted molar refractivity (Wildman–Crippen MR) is 80.4 cm³/mol. The van der Waals surface area contributed by atoms with Crippen molar-refractivity contribution in [3.05, 3.63) is 53.4 Å². The van der Waals surface area contributed by atoms with Crippen molar-refractivity contribution >= 4 is 0 Å². The summed E-state index contributed by atoms with van der Waals surface area (Å²) in [6, 6.07) is 7.93. The second-order valence-corrected chi connectivity index (χ2v) is 6.02. The van der Waals surface area contributed by atoms with Gasteiger partial charge in [0, 0.05) is 29.7 Å². The molecule has 0 fully saturated rings. The largest absolute Gasteiger partial charge is 0.306 e. The van der Waals surface area contributed by atoms with E-state index in [1.54, 1.807) is 6.20 Å². The molecule has 2 rings (SSSR count). The molecule has 0 aliphatic carbocycles. The van der Waals surface area contributed by atoms with Crippen molar-refractivity contribution in [1.29, 1.82) is 0 Å². The Balaban J connectivity index is 2.12. The van der Waals surface area contributed by atoms with Crippen LogP contribution in [0, 0.1) is 6.92 Å². The zero-order chi connectivity index (χ0) is 14.6. The highest BCUT2D eigenvalue weighted by Crippen LogP contribution is 2.07. The lowest BCUT2D eigenvalue weighted by Gasteiger charge is -2.20. The van der Waals surface area contributed by atoms with Gasteiger partial charge in [-0.1, -0.05) is 6.07 Å². The Morgan fingerprint density at radius 1 is 1.10 bits per heavy atom. The summed E-state index contributed by atoms with van der Waals surface area (Å²) in [5.41, 5.74) is 3.10. The molecule has 2 heterocycles. The lowest BCUT2D eigenvalue weighted by atomic mass is 10.1. The smallest absolute Gasteiger partial charge is 0.134 e. The van der Waals surface area contributed by atoms with Crippen molar-refractivity contribution in [2.24, 2.45) is 0 Å². The molecule has 0 unspecified atom stereocenters. The van der Waals surface area contributed by atoms with Gasteiger partial charge >= 0.3 is 0 Å². The molecule has 2 aromatic heterocycles. The molecule has 4 nitrogen and oxygen atoms in total. The number of pyridine rings is 1. The molecular formula is C16H22N4. The van der Waals surface area contributed by atoms with Crippen LogP contribution in [0.3, 0.4) is 0 Å². The van der Waals surface area contributed by atoms with Gasteiger partial charge in [-0.3, -0.25) is 4.98 Å². The van der Waals surface area contributed by atoms with E-state index in [1.807, 2.05) is 31.2 Å². The zero-order valence-corrected chi connectivity index (χ0v) is 12.6. The van der Waals surface area contributed by atoms with Crippen LogP contribution in [-0.4, -0.2) is 20.5 Å². The third kappa shape index (κ3) is 4.70. The highest BCUT2D eigenvalue weighted by molar-refractivity contribution is 5.15. The average Bonchev–Trinajstić information content (AvgIpc) is 2.36. The van der Waals surface area contributed by atoms with E-state index in [1.165, 1.54) is 0 Å². The van der Waals surface area contributed by atoms with Gasteiger partial charge < -0.3 is 5.32 Å². The minimum Gasteiger partial charge on any atom is -0.306 e. The maximum absolute atomic E-state index is 4.62. The first-order valence-electron chi connectivity index (χ1n) is 6.91. The molecule has 0 radical (unpaired) electrons. The summed E-state index contributed by atoms with van der Waals surface area (Å²) in [5, 5.41) is 3.45. The van der Waals surface area contributed by atoms with Gasteiger partial charge in [-0.25, -0.2) is 9.97 Å². The van der Waals surface area contributed by atoms with Crippen molar-refractivity contribution in [3.8, 4) is 0 Å². The fraction of sp³-hybridized carbons (Fsp3) is 0.438. The monoisotopic (exact) mass is 270 g/mol. The molecule has 0 atom stereocenters. The van der Waals surface area contributed by atoms with Crippen LogP contribution in [0.4, 0.5) is 0 Å². The lowest BCUT2D eigenvalue weighted by molar-refractivity contribution is 0.420. The van der Waals surface area contributed by atoms with Gasteiger partial charge in [-0.2, -0.15) is 0 Å². The second kappa shape index (κ2) is 6.09. The van der Waals surface area contributed by atoms with Crippen molar-refractivity contribution in [2.75, 3.05) is 0 Å². The molecule has 0 bridgehead atoms. The van der Waals surface area contributed by atoms with Crippen LogP contribution >= 0.6 is 0 Å². The van der Waals surface area contributed by atoms with Crippen LogP contribution in [0.5, 0.6) is 0 Å². The fourth-order valence-electron chi connectivity index (χ4n) is 1.89. The zero-order valence-electron chi connectivity index (χ0n) is 12.6.